The summed E-state index contributed by atoms with van der Waals surface area (Å²) in [6.45, 7) is 4.09. The van der Waals surface area contributed by atoms with Crippen LogP contribution < -0.4 is 4.74 Å². The van der Waals surface area contributed by atoms with Crippen LogP contribution in [0.5, 0.6) is 5.75 Å². The highest BCUT2D eigenvalue weighted by molar-refractivity contribution is 14.1. The zero-order valence-electron chi connectivity index (χ0n) is 8.79. The molecule has 0 aliphatic heterocycles. The quantitative estimate of drug-likeness (QED) is 0.593. The van der Waals surface area contributed by atoms with E-state index in [4.69, 9.17) is 4.74 Å². The highest BCUT2D eigenvalue weighted by atomic mass is 127. The summed E-state index contributed by atoms with van der Waals surface area (Å²) in [5.74, 6) is 0.971. The minimum atomic E-state index is 0.259. The normalized spacial score (nSPS) is 10.6. The number of rotatable bonds is 5. The number of benzene rings is 1. The summed E-state index contributed by atoms with van der Waals surface area (Å²) in [4.78, 5) is 0. The van der Waals surface area contributed by atoms with Crippen LogP contribution in [-0.4, -0.2) is 10.5 Å². The lowest BCUT2D eigenvalue weighted by atomic mass is 10.1. The molecular formula is C12H17IO. The Balaban J connectivity index is 2.50. The molecule has 0 N–H and O–H groups in total. The molecule has 0 aromatic heterocycles. The molecule has 0 saturated heterocycles. The summed E-state index contributed by atoms with van der Waals surface area (Å²) in [5, 5.41) is 0. The van der Waals surface area contributed by atoms with E-state index in [-0.39, 0.29) is 6.10 Å². The lowest BCUT2D eigenvalue weighted by Gasteiger charge is -2.09. The Morgan fingerprint density at radius 1 is 1.21 bits per heavy atom. The van der Waals surface area contributed by atoms with E-state index in [2.05, 4.69) is 46.9 Å². The Morgan fingerprint density at radius 2 is 1.86 bits per heavy atom. The third-order valence-corrected chi connectivity index (χ3v) is 2.66. The smallest absolute Gasteiger partial charge is 0.119 e. The second-order valence-electron chi connectivity index (χ2n) is 3.60. The van der Waals surface area contributed by atoms with Crippen LogP contribution in [0.2, 0.25) is 0 Å². The van der Waals surface area contributed by atoms with Crippen molar-refractivity contribution in [2.45, 2.75) is 32.8 Å². The van der Waals surface area contributed by atoms with Gasteiger partial charge < -0.3 is 4.74 Å². The van der Waals surface area contributed by atoms with Crippen molar-refractivity contribution < 1.29 is 4.74 Å². The number of alkyl halides is 1. The summed E-state index contributed by atoms with van der Waals surface area (Å²) in [7, 11) is 0. The van der Waals surface area contributed by atoms with Gasteiger partial charge in [-0.3, -0.25) is 0 Å². The summed E-state index contributed by atoms with van der Waals surface area (Å²) >= 11 is 2.41. The maximum Gasteiger partial charge on any atom is 0.119 e. The van der Waals surface area contributed by atoms with E-state index in [0.717, 1.165) is 5.75 Å². The van der Waals surface area contributed by atoms with E-state index in [1.807, 2.05) is 13.8 Å². The van der Waals surface area contributed by atoms with E-state index in [9.17, 15) is 0 Å². The van der Waals surface area contributed by atoms with Crippen molar-refractivity contribution in [3.8, 4) is 5.75 Å². The third kappa shape index (κ3) is 4.31. The SMILES string of the molecule is CC(C)Oc1ccc(CCCI)cc1. The molecule has 0 radical (unpaired) electrons. The number of aryl methyl sites for hydroxylation is 1. The number of halogens is 1. The van der Waals surface area contributed by atoms with Crippen LogP contribution in [0.4, 0.5) is 0 Å². The van der Waals surface area contributed by atoms with Crippen LogP contribution in [-0.2, 0) is 6.42 Å². The standard InChI is InChI=1S/C12H17IO/c1-10(2)14-12-7-5-11(6-8-12)4-3-9-13/h5-8,10H,3-4,9H2,1-2H3. The first kappa shape index (κ1) is 11.8. The Labute approximate surface area is 100.0 Å². The van der Waals surface area contributed by atoms with Crippen molar-refractivity contribution in [2.75, 3.05) is 4.43 Å². The van der Waals surface area contributed by atoms with Crippen molar-refractivity contribution in [3.63, 3.8) is 0 Å². The van der Waals surface area contributed by atoms with Gasteiger partial charge in [0.25, 0.3) is 0 Å². The van der Waals surface area contributed by atoms with Crippen molar-refractivity contribution in [1.29, 1.82) is 0 Å². The van der Waals surface area contributed by atoms with Crippen LogP contribution in [0.25, 0.3) is 0 Å². The van der Waals surface area contributed by atoms with Gasteiger partial charge in [0.2, 0.25) is 0 Å². The zero-order valence-corrected chi connectivity index (χ0v) is 11.0. The summed E-state index contributed by atoms with van der Waals surface area (Å²) < 4.78 is 6.80. The summed E-state index contributed by atoms with van der Waals surface area (Å²) in [6, 6.07) is 8.43. The molecule has 1 nitrogen and oxygen atoms in total. The molecule has 0 aliphatic rings. The molecule has 0 amide bonds. The maximum absolute atomic E-state index is 5.57. The molecule has 0 heterocycles. The first-order chi connectivity index (χ1) is 6.72. The molecule has 0 bridgehead atoms. The topological polar surface area (TPSA) is 9.23 Å². The molecule has 0 spiro atoms. The second-order valence-corrected chi connectivity index (χ2v) is 4.68. The summed E-state index contributed by atoms with van der Waals surface area (Å²) in [6.07, 6.45) is 2.69. The molecule has 14 heavy (non-hydrogen) atoms. The number of ether oxygens (including phenoxy) is 1. The average molecular weight is 304 g/mol. The number of hydrogen-bond acceptors (Lipinski definition) is 1. The van der Waals surface area contributed by atoms with Crippen molar-refractivity contribution in [3.05, 3.63) is 29.8 Å². The minimum Gasteiger partial charge on any atom is -0.491 e. The molecule has 0 saturated carbocycles. The van der Waals surface area contributed by atoms with Gasteiger partial charge in [-0.15, -0.1) is 0 Å². The van der Waals surface area contributed by atoms with Crippen molar-refractivity contribution in [1.82, 2.24) is 0 Å². The van der Waals surface area contributed by atoms with Gasteiger partial charge in [-0.1, -0.05) is 34.7 Å². The largest absolute Gasteiger partial charge is 0.491 e. The molecule has 0 unspecified atom stereocenters. The molecule has 1 aromatic rings. The fourth-order valence-electron chi connectivity index (χ4n) is 1.28. The molecule has 1 rings (SSSR count). The van der Waals surface area contributed by atoms with Gasteiger partial charge in [-0.2, -0.15) is 0 Å². The molecule has 0 atom stereocenters. The van der Waals surface area contributed by atoms with E-state index < -0.39 is 0 Å². The van der Waals surface area contributed by atoms with Gasteiger partial charge in [0, 0.05) is 0 Å². The second kappa shape index (κ2) is 6.27. The van der Waals surface area contributed by atoms with Gasteiger partial charge in [0.15, 0.2) is 0 Å². The molecule has 1 aromatic carbocycles. The maximum atomic E-state index is 5.57. The van der Waals surface area contributed by atoms with Crippen LogP contribution >= 0.6 is 22.6 Å². The van der Waals surface area contributed by atoms with Gasteiger partial charge in [-0.25, -0.2) is 0 Å². The van der Waals surface area contributed by atoms with Gasteiger partial charge in [-0.05, 0) is 48.8 Å². The molecule has 2 heteroatoms. The zero-order chi connectivity index (χ0) is 10.4. The minimum absolute atomic E-state index is 0.259. The van der Waals surface area contributed by atoms with Crippen LogP contribution in [0.15, 0.2) is 24.3 Å². The molecular weight excluding hydrogens is 287 g/mol. The fraction of sp³-hybridized carbons (Fsp3) is 0.500. The first-order valence-electron chi connectivity index (χ1n) is 5.04. The summed E-state index contributed by atoms with van der Waals surface area (Å²) in [5.41, 5.74) is 1.40. The Hall–Kier alpha value is -0.250. The van der Waals surface area contributed by atoms with Gasteiger partial charge >= 0.3 is 0 Å². The highest BCUT2D eigenvalue weighted by Crippen LogP contribution is 2.14. The van der Waals surface area contributed by atoms with E-state index in [1.54, 1.807) is 0 Å². The predicted octanol–water partition coefficient (Wildman–Crippen LogP) is 3.84. The molecule has 78 valence electrons. The number of hydrogen-bond donors (Lipinski definition) is 0. The fourth-order valence-corrected chi connectivity index (χ4v) is 1.66. The van der Waals surface area contributed by atoms with Crippen molar-refractivity contribution in [2.24, 2.45) is 0 Å². The third-order valence-electron chi connectivity index (χ3n) is 1.89. The molecule has 0 aliphatic carbocycles. The van der Waals surface area contributed by atoms with E-state index >= 15 is 0 Å². The van der Waals surface area contributed by atoms with Gasteiger partial charge in [0.05, 0.1) is 6.10 Å². The Kier molecular flexibility index (Phi) is 5.30. The Bertz CT molecular complexity index is 254. The van der Waals surface area contributed by atoms with Crippen LogP contribution in [0, 0.1) is 0 Å². The monoisotopic (exact) mass is 304 g/mol. The van der Waals surface area contributed by atoms with Gasteiger partial charge in [0.1, 0.15) is 5.75 Å². The lowest BCUT2D eigenvalue weighted by Crippen LogP contribution is -2.05. The highest BCUT2D eigenvalue weighted by Gasteiger charge is 1.97. The Morgan fingerprint density at radius 3 is 2.36 bits per heavy atom. The van der Waals surface area contributed by atoms with E-state index in [1.165, 1.54) is 22.8 Å². The van der Waals surface area contributed by atoms with Crippen molar-refractivity contribution >= 4 is 22.6 Å². The lowest BCUT2D eigenvalue weighted by molar-refractivity contribution is 0.242. The van der Waals surface area contributed by atoms with Crippen LogP contribution in [0.3, 0.4) is 0 Å². The molecule has 0 fully saturated rings. The predicted molar refractivity (Wildman–Crippen MR) is 69.4 cm³/mol. The van der Waals surface area contributed by atoms with E-state index in [0.29, 0.717) is 0 Å². The van der Waals surface area contributed by atoms with Crippen LogP contribution in [0.1, 0.15) is 25.8 Å². The average Bonchev–Trinajstić information content (AvgIpc) is 2.16. The first-order valence-corrected chi connectivity index (χ1v) is 6.56.